The SMILES string of the molecule is CCC(C)CNS(=O)(=O)c1cc(CO)cc(C)c1Br. The van der Waals surface area contributed by atoms with Gasteiger partial charge in [0.1, 0.15) is 0 Å². The van der Waals surface area contributed by atoms with Gasteiger partial charge in [0.25, 0.3) is 0 Å². The zero-order valence-electron chi connectivity index (χ0n) is 11.4. The van der Waals surface area contributed by atoms with E-state index < -0.39 is 10.0 Å². The van der Waals surface area contributed by atoms with Gasteiger partial charge in [-0.05, 0) is 46.0 Å². The molecule has 0 saturated heterocycles. The van der Waals surface area contributed by atoms with Gasteiger partial charge in [0.2, 0.25) is 10.0 Å². The lowest BCUT2D eigenvalue weighted by molar-refractivity contribution is 0.281. The Balaban J connectivity index is 3.10. The van der Waals surface area contributed by atoms with Crippen LogP contribution in [0.25, 0.3) is 0 Å². The Labute approximate surface area is 123 Å². The maximum absolute atomic E-state index is 12.3. The Morgan fingerprint density at radius 3 is 2.58 bits per heavy atom. The first-order chi connectivity index (χ1) is 8.81. The number of hydrogen-bond donors (Lipinski definition) is 2. The van der Waals surface area contributed by atoms with Crippen molar-refractivity contribution in [3.05, 3.63) is 27.7 Å². The average Bonchev–Trinajstić information content (AvgIpc) is 2.38. The number of hydrogen-bond acceptors (Lipinski definition) is 3. The van der Waals surface area contributed by atoms with Crippen LogP contribution in [0.4, 0.5) is 0 Å². The molecule has 1 aromatic rings. The predicted molar refractivity (Wildman–Crippen MR) is 79.4 cm³/mol. The van der Waals surface area contributed by atoms with E-state index >= 15 is 0 Å². The van der Waals surface area contributed by atoms with Crippen molar-refractivity contribution >= 4 is 26.0 Å². The summed E-state index contributed by atoms with van der Waals surface area (Å²) in [4.78, 5) is 0.180. The summed E-state index contributed by atoms with van der Waals surface area (Å²) >= 11 is 3.30. The standard InChI is InChI=1S/C13H20BrNO3S/c1-4-9(2)7-15-19(17,18)12-6-11(8-16)5-10(3)13(12)14/h5-6,9,15-16H,4,7-8H2,1-3H3. The van der Waals surface area contributed by atoms with Crippen LogP contribution in [-0.4, -0.2) is 20.1 Å². The van der Waals surface area contributed by atoms with E-state index in [1.54, 1.807) is 13.0 Å². The Hall–Kier alpha value is -0.430. The van der Waals surface area contributed by atoms with Gasteiger partial charge >= 0.3 is 0 Å². The molecule has 0 aliphatic heterocycles. The van der Waals surface area contributed by atoms with Gasteiger partial charge in [-0.2, -0.15) is 0 Å². The average molecular weight is 350 g/mol. The lowest BCUT2D eigenvalue weighted by Crippen LogP contribution is -2.28. The topological polar surface area (TPSA) is 66.4 Å². The third kappa shape index (κ3) is 4.27. The molecule has 1 rings (SSSR count). The molecule has 108 valence electrons. The van der Waals surface area contributed by atoms with Gasteiger partial charge in [-0.25, -0.2) is 13.1 Å². The molecule has 0 aliphatic carbocycles. The van der Waals surface area contributed by atoms with Crippen LogP contribution in [0.3, 0.4) is 0 Å². The molecule has 0 aromatic heterocycles. The maximum atomic E-state index is 12.3. The van der Waals surface area contributed by atoms with Crippen molar-refractivity contribution in [1.29, 1.82) is 0 Å². The van der Waals surface area contributed by atoms with Crippen molar-refractivity contribution in [3.8, 4) is 0 Å². The quantitative estimate of drug-likeness (QED) is 0.829. The van der Waals surface area contributed by atoms with Crippen molar-refractivity contribution < 1.29 is 13.5 Å². The summed E-state index contributed by atoms with van der Waals surface area (Å²) in [7, 11) is -3.56. The number of benzene rings is 1. The smallest absolute Gasteiger partial charge is 0.241 e. The Kier molecular flexibility index (Phi) is 5.98. The van der Waals surface area contributed by atoms with Crippen LogP contribution < -0.4 is 4.72 Å². The fourth-order valence-electron chi connectivity index (χ4n) is 1.57. The van der Waals surface area contributed by atoms with Crippen LogP contribution in [0.5, 0.6) is 0 Å². The van der Waals surface area contributed by atoms with Crippen molar-refractivity contribution in [1.82, 2.24) is 4.72 Å². The molecule has 4 nitrogen and oxygen atoms in total. The summed E-state index contributed by atoms with van der Waals surface area (Å²) in [5, 5.41) is 9.17. The van der Waals surface area contributed by atoms with E-state index in [1.165, 1.54) is 6.07 Å². The molecule has 19 heavy (non-hydrogen) atoms. The normalized spacial score (nSPS) is 13.5. The molecule has 6 heteroatoms. The molecule has 0 saturated carbocycles. The molecule has 0 heterocycles. The molecule has 0 amide bonds. The first kappa shape index (κ1) is 16.6. The molecule has 0 spiro atoms. The molecule has 0 aliphatic rings. The minimum atomic E-state index is -3.56. The summed E-state index contributed by atoms with van der Waals surface area (Å²) in [5.41, 5.74) is 1.38. The van der Waals surface area contributed by atoms with Gasteiger partial charge in [-0.3, -0.25) is 0 Å². The summed E-state index contributed by atoms with van der Waals surface area (Å²) in [6.45, 7) is 6.05. The van der Waals surface area contributed by atoms with Gasteiger partial charge in [-0.1, -0.05) is 26.3 Å². The van der Waals surface area contributed by atoms with E-state index in [2.05, 4.69) is 20.7 Å². The summed E-state index contributed by atoms with van der Waals surface area (Å²) in [6.07, 6.45) is 0.916. The third-order valence-electron chi connectivity index (χ3n) is 3.07. The second-order valence-corrected chi connectivity index (χ2v) is 7.28. The van der Waals surface area contributed by atoms with Crippen molar-refractivity contribution in [2.24, 2.45) is 5.92 Å². The van der Waals surface area contributed by atoms with Crippen LogP contribution in [0, 0.1) is 12.8 Å². The van der Waals surface area contributed by atoms with E-state index in [0.717, 1.165) is 12.0 Å². The second-order valence-electron chi connectivity index (χ2n) is 4.75. The molecular weight excluding hydrogens is 330 g/mol. The molecule has 2 N–H and O–H groups in total. The number of aliphatic hydroxyl groups excluding tert-OH is 1. The summed E-state index contributed by atoms with van der Waals surface area (Å²) in [6, 6.07) is 3.26. The third-order valence-corrected chi connectivity index (χ3v) is 5.83. The van der Waals surface area contributed by atoms with E-state index in [1.807, 2.05) is 13.8 Å². The largest absolute Gasteiger partial charge is 0.392 e. The van der Waals surface area contributed by atoms with Gasteiger partial charge in [0, 0.05) is 11.0 Å². The van der Waals surface area contributed by atoms with Crippen molar-refractivity contribution in [3.63, 3.8) is 0 Å². The Morgan fingerprint density at radius 1 is 1.42 bits per heavy atom. The maximum Gasteiger partial charge on any atom is 0.241 e. The van der Waals surface area contributed by atoms with E-state index in [4.69, 9.17) is 5.11 Å². The van der Waals surface area contributed by atoms with Gasteiger partial charge in [-0.15, -0.1) is 0 Å². The second kappa shape index (κ2) is 6.83. The fourth-order valence-corrected chi connectivity index (χ4v) is 3.80. The van der Waals surface area contributed by atoms with Crippen LogP contribution in [0.15, 0.2) is 21.5 Å². The van der Waals surface area contributed by atoms with Crippen LogP contribution >= 0.6 is 15.9 Å². The molecule has 0 bridgehead atoms. The number of sulfonamides is 1. The van der Waals surface area contributed by atoms with Gasteiger partial charge in [0.05, 0.1) is 11.5 Å². The fraction of sp³-hybridized carbons (Fsp3) is 0.538. The van der Waals surface area contributed by atoms with Crippen molar-refractivity contribution in [2.45, 2.75) is 38.7 Å². The van der Waals surface area contributed by atoms with E-state index in [9.17, 15) is 8.42 Å². The van der Waals surface area contributed by atoms with E-state index in [-0.39, 0.29) is 17.4 Å². The highest BCUT2D eigenvalue weighted by molar-refractivity contribution is 9.10. The molecule has 0 fully saturated rings. The van der Waals surface area contributed by atoms with Crippen LogP contribution in [0.1, 0.15) is 31.4 Å². The Bertz CT molecular complexity index is 543. The highest BCUT2D eigenvalue weighted by Gasteiger charge is 2.20. The summed E-state index contributed by atoms with van der Waals surface area (Å²) in [5.74, 6) is 0.288. The molecular formula is C13H20BrNO3S. The highest BCUT2D eigenvalue weighted by Crippen LogP contribution is 2.27. The summed E-state index contributed by atoms with van der Waals surface area (Å²) < 4.78 is 27.7. The van der Waals surface area contributed by atoms with Crippen molar-refractivity contribution in [2.75, 3.05) is 6.54 Å². The highest BCUT2D eigenvalue weighted by atomic mass is 79.9. The first-order valence-corrected chi connectivity index (χ1v) is 8.49. The lowest BCUT2D eigenvalue weighted by atomic mass is 10.1. The Morgan fingerprint density at radius 2 is 2.05 bits per heavy atom. The van der Waals surface area contributed by atoms with Crippen LogP contribution in [-0.2, 0) is 16.6 Å². The predicted octanol–water partition coefficient (Wildman–Crippen LogP) is 2.57. The molecule has 1 atom stereocenters. The molecule has 1 unspecified atom stereocenters. The molecule has 1 aromatic carbocycles. The number of rotatable bonds is 6. The minimum Gasteiger partial charge on any atom is -0.392 e. The van der Waals surface area contributed by atoms with E-state index in [0.29, 0.717) is 16.6 Å². The lowest BCUT2D eigenvalue weighted by Gasteiger charge is -2.14. The zero-order valence-corrected chi connectivity index (χ0v) is 13.8. The minimum absolute atomic E-state index is 0.179. The van der Waals surface area contributed by atoms with Gasteiger partial charge < -0.3 is 5.11 Å². The van der Waals surface area contributed by atoms with Gasteiger partial charge in [0.15, 0.2) is 0 Å². The zero-order chi connectivity index (χ0) is 14.6. The van der Waals surface area contributed by atoms with Crippen LogP contribution in [0.2, 0.25) is 0 Å². The number of aliphatic hydroxyl groups is 1. The first-order valence-electron chi connectivity index (χ1n) is 6.21. The number of nitrogens with one attached hydrogen (secondary N) is 1. The monoisotopic (exact) mass is 349 g/mol. The molecule has 0 radical (unpaired) electrons. The number of aryl methyl sites for hydroxylation is 1. The number of halogens is 1.